The van der Waals surface area contributed by atoms with Crippen LogP contribution in [-0.2, 0) is 19.1 Å². The number of nitriles is 1. The fraction of sp³-hybridized carbons (Fsp3) is 0.800. The maximum absolute atomic E-state index is 12.2. The summed E-state index contributed by atoms with van der Waals surface area (Å²) in [7, 11) is 0. The molecule has 5 heteroatoms. The number of carbonyl (C=O) groups excluding carboxylic acids is 2. The van der Waals surface area contributed by atoms with Crippen molar-refractivity contribution in [2.24, 2.45) is 5.41 Å². The van der Waals surface area contributed by atoms with Crippen LogP contribution in [0.25, 0.3) is 0 Å². The Morgan fingerprint density at radius 2 is 1.55 bits per heavy atom. The van der Waals surface area contributed by atoms with Gasteiger partial charge in [0.1, 0.15) is 0 Å². The molecule has 0 aromatic carbocycles. The highest BCUT2D eigenvalue weighted by atomic mass is 16.6. The third-order valence-corrected chi connectivity index (χ3v) is 3.20. The summed E-state index contributed by atoms with van der Waals surface area (Å²) < 4.78 is 10.1. The zero-order chi connectivity index (χ0) is 15.4. The second-order valence-corrected chi connectivity index (χ2v) is 4.64. The van der Waals surface area contributed by atoms with Gasteiger partial charge in [0.25, 0.3) is 0 Å². The molecule has 0 fully saturated rings. The Balaban J connectivity index is 5.21. The molecular weight excluding hydrogens is 258 g/mol. The quantitative estimate of drug-likeness (QED) is 0.350. The Bertz CT molecular complexity index is 328. The first-order valence-corrected chi connectivity index (χ1v) is 7.30. The first-order chi connectivity index (χ1) is 9.58. The van der Waals surface area contributed by atoms with Gasteiger partial charge in [0, 0.05) is 6.42 Å². The molecule has 0 heterocycles. The van der Waals surface area contributed by atoms with Crippen molar-refractivity contribution in [2.75, 3.05) is 13.2 Å². The molecule has 0 aliphatic carbocycles. The minimum absolute atomic E-state index is 0.129. The van der Waals surface area contributed by atoms with Gasteiger partial charge in [0.15, 0.2) is 5.41 Å². The normalized spacial score (nSPS) is 10.7. The van der Waals surface area contributed by atoms with Crippen molar-refractivity contribution in [3.05, 3.63) is 0 Å². The van der Waals surface area contributed by atoms with Crippen LogP contribution in [0.15, 0.2) is 0 Å². The van der Waals surface area contributed by atoms with Crippen molar-refractivity contribution >= 4 is 11.9 Å². The SMILES string of the molecule is CCCCCC(CCC#N)(C(=O)OCC)C(=O)OCC. The van der Waals surface area contributed by atoms with E-state index < -0.39 is 17.4 Å². The molecular formula is C15H25NO4. The standard InChI is InChI=1S/C15H25NO4/c1-4-7-8-10-15(11-9-12-16,13(17)19-5-2)14(18)20-6-3/h4-11H2,1-3H3. The van der Waals surface area contributed by atoms with E-state index in [4.69, 9.17) is 14.7 Å². The number of rotatable bonds is 10. The zero-order valence-corrected chi connectivity index (χ0v) is 12.7. The molecule has 0 spiro atoms. The van der Waals surface area contributed by atoms with Gasteiger partial charge in [0.2, 0.25) is 0 Å². The van der Waals surface area contributed by atoms with Gasteiger partial charge in [-0.15, -0.1) is 0 Å². The molecule has 5 nitrogen and oxygen atoms in total. The summed E-state index contributed by atoms with van der Waals surface area (Å²) in [4.78, 5) is 24.5. The second kappa shape index (κ2) is 10.2. The van der Waals surface area contributed by atoms with E-state index in [-0.39, 0.29) is 26.1 Å². The summed E-state index contributed by atoms with van der Waals surface area (Å²) in [5.41, 5.74) is -1.32. The van der Waals surface area contributed by atoms with Crippen molar-refractivity contribution in [1.82, 2.24) is 0 Å². The average molecular weight is 283 g/mol. The Kier molecular flexibility index (Phi) is 9.44. The van der Waals surface area contributed by atoms with Gasteiger partial charge in [-0.3, -0.25) is 9.59 Å². The summed E-state index contributed by atoms with van der Waals surface area (Å²) in [6, 6.07) is 1.99. The molecule has 0 aromatic rings. The molecule has 114 valence electrons. The van der Waals surface area contributed by atoms with E-state index in [0.717, 1.165) is 19.3 Å². The minimum Gasteiger partial charge on any atom is -0.465 e. The van der Waals surface area contributed by atoms with Gasteiger partial charge in [-0.25, -0.2) is 0 Å². The summed E-state index contributed by atoms with van der Waals surface area (Å²) >= 11 is 0. The third kappa shape index (κ3) is 5.20. The topological polar surface area (TPSA) is 76.4 Å². The van der Waals surface area contributed by atoms with Gasteiger partial charge >= 0.3 is 11.9 Å². The van der Waals surface area contributed by atoms with Gasteiger partial charge in [-0.05, 0) is 26.7 Å². The van der Waals surface area contributed by atoms with Crippen LogP contribution >= 0.6 is 0 Å². The maximum atomic E-state index is 12.2. The average Bonchev–Trinajstić information content (AvgIpc) is 2.43. The van der Waals surface area contributed by atoms with E-state index in [9.17, 15) is 9.59 Å². The zero-order valence-electron chi connectivity index (χ0n) is 12.7. The molecule has 0 N–H and O–H groups in total. The molecule has 0 unspecified atom stereocenters. The van der Waals surface area contributed by atoms with Gasteiger partial charge in [-0.2, -0.15) is 5.26 Å². The fourth-order valence-electron chi connectivity index (χ4n) is 2.10. The lowest BCUT2D eigenvalue weighted by atomic mass is 9.78. The fourth-order valence-corrected chi connectivity index (χ4v) is 2.10. The Morgan fingerprint density at radius 1 is 1.00 bits per heavy atom. The molecule has 0 amide bonds. The first kappa shape index (κ1) is 18.4. The van der Waals surface area contributed by atoms with Crippen LogP contribution in [-0.4, -0.2) is 25.2 Å². The van der Waals surface area contributed by atoms with Gasteiger partial charge in [0.05, 0.1) is 19.3 Å². The molecule has 0 bridgehead atoms. The van der Waals surface area contributed by atoms with Crippen molar-refractivity contribution in [2.45, 2.75) is 59.3 Å². The molecule has 20 heavy (non-hydrogen) atoms. The van der Waals surface area contributed by atoms with Crippen LogP contribution in [0.5, 0.6) is 0 Å². The van der Waals surface area contributed by atoms with E-state index in [2.05, 4.69) is 0 Å². The highest BCUT2D eigenvalue weighted by Crippen LogP contribution is 2.34. The van der Waals surface area contributed by atoms with Crippen LogP contribution in [0.3, 0.4) is 0 Å². The Hall–Kier alpha value is -1.57. The summed E-state index contributed by atoms with van der Waals surface area (Å²) in [6.45, 7) is 5.86. The van der Waals surface area contributed by atoms with E-state index in [1.165, 1.54) is 0 Å². The molecule has 0 aliphatic heterocycles. The lowest BCUT2D eigenvalue weighted by Gasteiger charge is -2.28. The minimum atomic E-state index is -1.32. The smallest absolute Gasteiger partial charge is 0.323 e. The largest absolute Gasteiger partial charge is 0.465 e. The van der Waals surface area contributed by atoms with Crippen LogP contribution in [0.2, 0.25) is 0 Å². The molecule has 0 aromatic heterocycles. The number of esters is 2. The van der Waals surface area contributed by atoms with Gasteiger partial charge < -0.3 is 9.47 Å². The molecule has 0 saturated carbocycles. The summed E-state index contributed by atoms with van der Waals surface area (Å²) in [5, 5.41) is 8.77. The molecule has 0 saturated heterocycles. The number of carbonyl (C=O) groups is 2. The number of unbranched alkanes of at least 4 members (excludes halogenated alkanes) is 2. The predicted molar refractivity (Wildman–Crippen MR) is 74.7 cm³/mol. The van der Waals surface area contributed by atoms with Crippen molar-refractivity contribution in [3.63, 3.8) is 0 Å². The lowest BCUT2D eigenvalue weighted by Crippen LogP contribution is -2.42. The lowest BCUT2D eigenvalue weighted by molar-refractivity contribution is -0.173. The van der Waals surface area contributed by atoms with E-state index in [1.54, 1.807) is 13.8 Å². The monoisotopic (exact) mass is 283 g/mol. The molecule has 0 aliphatic rings. The number of hydrogen-bond acceptors (Lipinski definition) is 5. The van der Waals surface area contributed by atoms with Crippen LogP contribution < -0.4 is 0 Å². The van der Waals surface area contributed by atoms with E-state index in [0.29, 0.717) is 6.42 Å². The molecule has 0 radical (unpaired) electrons. The first-order valence-electron chi connectivity index (χ1n) is 7.30. The van der Waals surface area contributed by atoms with E-state index in [1.807, 2.05) is 13.0 Å². The van der Waals surface area contributed by atoms with Crippen LogP contribution in [0, 0.1) is 16.7 Å². The molecule has 0 atom stereocenters. The third-order valence-electron chi connectivity index (χ3n) is 3.20. The van der Waals surface area contributed by atoms with E-state index >= 15 is 0 Å². The molecule has 0 rings (SSSR count). The van der Waals surface area contributed by atoms with Crippen molar-refractivity contribution < 1.29 is 19.1 Å². The number of hydrogen-bond donors (Lipinski definition) is 0. The van der Waals surface area contributed by atoms with Gasteiger partial charge in [-0.1, -0.05) is 26.2 Å². The Labute approximate surface area is 121 Å². The summed E-state index contributed by atoms with van der Waals surface area (Å²) in [6.07, 6.45) is 3.31. The maximum Gasteiger partial charge on any atom is 0.323 e. The Morgan fingerprint density at radius 3 is 1.95 bits per heavy atom. The second-order valence-electron chi connectivity index (χ2n) is 4.64. The van der Waals surface area contributed by atoms with Crippen molar-refractivity contribution in [1.29, 1.82) is 5.26 Å². The predicted octanol–water partition coefficient (Wildman–Crippen LogP) is 2.98. The highest BCUT2D eigenvalue weighted by Gasteiger charge is 2.47. The van der Waals surface area contributed by atoms with Crippen molar-refractivity contribution in [3.8, 4) is 6.07 Å². The van der Waals surface area contributed by atoms with Crippen LogP contribution in [0.1, 0.15) is 59.3 Å². The van der Waals surface area contributed by atoms with Crippen LogP contribution in [0.4, 0.5) is 0 Å². The summed E-state index contributed by atoms with van der Waals surface area (Å²) in [5.74, 6) is -1.13. The highest BCUT2D eigenvalue weighted by molar-refractivity contribution is 6.00. The number of nitrogens with zero attached hydrogens (tertiary/aromatic N) is 1. The number of ether oxygens (including phenoxy) is 2.